The number of rotatable bonds is 6. The lowest BCUT2D eigenvalue weighted by Gasteiger charge is -2.21. The van der Waals surface area contributed by atoms with Gasteiger partial charge in [0, 0.05) is 10.5 Å². The van der Waals surface area contributed by atoms with E-state index < -0.39 is 0 Å². The van der Waals surface area contributed by atoms with E-state index in [1.54, 1.807) is 0 Å². The Labute approximate surface area is 108 Å². The first-order valence-corrected chi connectivity index (χ1v) is 6.91. The van der Waals surface area contributed by atoms with Crippen molar-refractivity contribution in [2.75, 3.05) is 6.54 Å². The van der Waals surface area contributed by atoms with Crippen LogP contribution in [0.1, 0.15) is 32.8 Å². The highest BCUT2D eigenvalue weighted by molar-refractivity contribution is 9.10. The average molecular weight is 284 g/mol. The fourth-order valence-corrected chi connectivity index (χ4v) is 2.43. The van der Waals surface area contributed by atoms with Crippen LogP contribution in [-0.2, 0) is 6.42 Å². The van der Waals surface area contributed by atoms with Crippen molar-refractivity contribution >= 4 is 15.9 Å². The first kappa shape index (κ1) is 13.7. The van der Waals surface area contributed by atoms with Gasteiger partial charge in [0.15, 0.2) is 0 Å². The highest BCUT2D eigenvalue weighted by atomic mass is 79.9. The fraction of sp³-hybridized carbons (Fsp3) is 0.571. The Balaban J connectivity index is 2.52. The summed E-state index contributed by atoms with van der Waals surface area (Å²) >= 11 is 3.60. The van der Waals surface area contributed by atoms with E-state index in [-0.39, 0.29) is 0 Å². The average Bonchev–Trinajstić information content (AvgIpc) is 2.26. The summed E-state index contributed by atoms with van der Waals surface area (Å²) in [6.07, 6.45) is 2.34. The van der Waals surface area contributed by atoms with Gasteiger partial charge in [0.05, 0.1) is 0 Å². The van der Waals surface area contributed by atoms with Gasteiger partial charge < -0.3 is 5.32 Å². The van der Waals surface area contributed by atoms with Crippen molar-refractivity contribution < 1.29 is 0 Å². The lowest BCUT2D eigenvalue weighted by molar-refractivity contribution is 0.385. The Bertz CT molecular complexity index is 309. The molecule has 1 nitrogen and oxygen atoms in total. The maximum atomic E-state index is 3.60. The van der Waals surface area contributed by atoms with Crippen LogP contribution >= 0.6 is 15.9 Å². The van der Waals surface area contributed by atoms with Crippen LogP contribution in [0.2, 0.25) is 0 Å². The van der Waals surface area contributed by atoms with Gasteiger partial charge in [-0.05, 0) is 36.9 Å². The molecule has 1 aromatic carbocycles. The third kappa shape index (κ3) is 4.26. The third-order valence-corrected chi connectivity index (χ3v) is 3.73. The monoisotopic (exact) mass is 283 g/mol. The van der Waals surface area contributed by atoms with Crippen LogP contribution in [0.3, 0.4) is 0 Å². The Kier molecular flexibility index (Phi) is 6.07. The summed E-state index contributed by atoms with van der Waals surface area (Å²) in [5.41, 5.74) is 1.41. The highest BCUT2D eigenvalue weighted by Crippen LogP contribution is 2.19. The van der Waals surface area contributed by atoms with Crippen LogP contribution in [0.25, 0.3) is 0 Å². The van der Waals surface area contributed by atoms with Gasteiger partial charge in [0.2, 0.25) is 0 Å². The van der Waals surface area contributed by atoms with E-state index >= 15 is 0 Å². The van der Waals surface area contributed by atoms with Crippen molar-refractivity contribution in [3.05, 3.63) is 34.3 Å². The molecular weight excluding hydrogens is 262 g/mol. The maximum absolute atomic E-state index is 3.60. The molecule has 0 spiro atoms. The van der Waals surface area contributed by atoms with E-state index in [0.29, 0.717) is 12.0 Å². The number of aryl methyl sites for hydroxylation is 1. The molecule has 0 aliphatic rings. The number of benzene rings is 1. The molecule has 0 heterocycles. The zero-order valence-electron chi connectivity index (χ0n) is 10.5. The van der Waals surface area contributed by atoms with Crippen LogP contribution in [0.4, 0.5) is 0 Å². The topological polar surface area (TPSA) is 12.0 Å². The summed E-state index contributed by atoms with van der Waals surface area (Å²) in [5, 5.41) is 3.56. The lowest BCUT2D eigenvalue weighted by atomic mass is 9.96. The Morgan fingerprint density at radius 2 is 1.94 bits per heavy atom. The molecule has 1 aromatic rings. The minimum Gasteiger partial charge on any atom is -0.314 e. The Hall–Kier alpha value is -0.340. The number of halogens is 1. The van der Waals surface area contributed by atoms with Crippen molar-refractivity contribution in [2.24, 2.45) is 5.92 Å². The van der Waals surface area contributed by atoms with Crippen LogP contribution < -0.4 is 5.32 Å². The van der Waals surface area contributed by atoms with E-state index in [4.69, 9.17) is 0 Å². The largest absolute Gasteiger partial charge is 0.314 e. The van der Waals surface area contributed by atoms with E-state index in [9.17, 15) is 0 Å². The summed E-state index contributed by atoms with van der Waals surface area (Å²) in [6.45, 7) is 7.80. The van der Waals surface area contributed by atoms with Gasteiger partial charge in [-0.15, -0.1) is 0 Å². The van der Waals surface area contributed by atoms with Crippen molar-refractivity contribution in [2.45, 2.75) is 39.7 Å². The Morgan fingerprint density at radius 3 is 2.50 bits per heavy atom. The molecule has 1 unspecified atom stereocenters. The number of hydrogen-bond acceptors (Lipinski definition) is 1. The van der Waals surface area contributed by atoms with Gasteiger partial charge in [0.1, 0.15) is 0 Å². The molecule has 0 amide bonds. The summed E-state index contributed by atoms with van der Waals surface area (Å²) in [4.78, 5) is 0. The maximum Gasteiger partial charge on any atom is 0.0207 e. The molecule has 16 heavy (non-hydrogen) atoms. The molecule has 2 heteroatoms. The second kappa shape index (κ2) is 7.08. The summed E-state index contributed by atoms with van der Waals surface area (Å²) in [7, 11) is 0. The van der Waals surface area contributed by atoms with Crippen molar-refractivity contribution in [3.63, 3.8) is 0 Å². The normalized spacial score (nSPS) is 13.1. The molecule has 1 N–H and O–H groups in total. The molecule has 0 fully saturated rings. The molecule has 0 bridgehead atoms. The Morgan fingerprint density at radius 1 is 1.25 bits per heavy atom. The molecule has 0 aromatic heterocycles. The van der Waals surface area contributed by atoms with E-state index in [1.165, 1.54) is 16.5 Å². The quantitative estimate of drug-likeness (QED) is 0.832. The van der Waals surface area contributed by atoms with Gasteiger partial charge in [-0.2, -0.15) is 0 Å². The van der Waals surface area contributed by atoms with Gasteiger partial charge in [-0.1, -0.05) is 54.9 Å². The van der Waals surface area contributed by atoms with Crippen molar-refractivity contribution in [1.29, 1.82) is 0 Å². The summed E-state index contributed by atoms with van der Waals surface area (Å²) in [6, 6.07) is 9.12. The fourth-order valence-electron chi connectivity index (χ4n) is 1.95. The van der Waals surface area contributed by atoms with E-state index in [0.717, 1.165) is 13.0 Å². The predicted octanol–water partition coefficient (Wildman–Crippen LogP) is 4.02. The third-order valence-electron chi connectivity index (χ3n) is 2.95. The summed E-state index contributed by atoms with van der Waals surface area (Å²) in [5.74, 6) is 0.697. The lowest BCUT2D eigenvalue weighted by Crippen LogP contribution is -2.34. The second-order valence-corrected chi connectivity index (χ2v) is 5.39. The zero-order valence-corrected chi connectivity index (χ0v) is 12.0. The molecule has 0 radical (unpaired) electrons. The highest BCUT2D eigenvalue weighted by Gasteiger charge is 2.12. The SMILES string of the molecule is CCNC(CCc1ccccc1Br)C(C)C. The van der Waals surface area contributed by atoms with Gasteiger partial charge in [-0.25, -0.2) is 0 Å². The minimum absolute atomic E-state index is 0.622. The van der Waals surface area contributed by atoms with Gasteiger partial charge in [-0.3, -0.25) is 0 Å². The van der Waals surface area contributed by atoms with Gasteiger partial charge in [0.25, 0.3) is 0 Å². The smallest absolute Gasteiger partial charge is 0.0207 e. The van der Waals surface area contributed by atoms with E-state index in [1.807, 2.05) is 0 Å². The number of nitrogens with one attached hydrogen (secondary N) is 1. The molecule has 1 atom stereocenters. The molecule has 0 saturated carbocycles. The predicted molar refractivity (Wildman–Crippen MR) is 74.8 cm³/mol. The van der Waals surface area contributed by atoms with Crippen LogP contribution in [0.5, 0.6) is 0 Å². The van der Waals surface area contributed by atoms with Crippen LogP contribution in [-0.4, -0.2) is 12.6 Å². The van der Waals surface area contributed by atoms with Crippen LogP contribution in [0, 0.1) is 5.92 Å². The number of hydrogen-bond donors (Lipinski definition) is 1. The standard InChI is InChI=1S/C14H22BrN/c1-4-16-14(11(2)3)10-9-12-7-5-6-8-13(12)15/h5-8,11,14,16H,4,9-10H2,1-3H3. The van der Waals surface area contributed by atoms with Crippen LogP contribution in [0.15, 0.2) is 28.7 Å². The first-order valence-electron chi connectivity index (χ1n) is 6.12. The zero-order chi connectivity index (χ0) is 12.0. The molecular formula is C14H22BrN. The van der Waals surface area contributed by atoms with Crippen molar-refractivity contribution in [1.82, 2.24) is 5.32 Å². The van der Waals surface area contributed by atoms with Crippen molar-refractivity contribution in [3.8, 4) is 0 Å². The summed E-state index contributed by atoms with van der Waals surface area (Å²) < 4.78 is 1.23. The first-order chi connectivity index (χ1) is 7.65. The molecule has 0 aliphatic carbocycles. The second-order valence-electron chi connectivity index (χ2n) is 4.54. The molecule has 1 rings (SSSR count). The molecule has 0 saturated heterocycles. The van der Waals surface area contributed by atoms with Gasteiger partial charge >= 0.3 is 0 Å². The molecule has 0 aliphatic heterocycles. The van der Waals surface area contributed by atoms with E-state index in [2.05, 4.69) is 66.3 Å². The molecule has 90 valence electrons. The minimum atomic E-state index is 0.622.